The number of nitrogens with zero attached hydrogens (tertiary/aromatic N) is 3. The number of anilines is 1. The molecule has 20 heavy (non-hydrogen) atoms. The highest BCUT2D eigenvalue weighted by molar-refractivity contribution is 5.56. The molecule has 1 fully saturated rings. The Morgan fingerprint density at radius 3 is 2.80 bits per heavy atom. The van der Waals surface area contributed by atoms with Gasteiger partial charge in [-0.15, -0.1) is 0 Å². The number of rotatable bonds is 4. The smallest absolute Gasteiger partial charge is 0.163 e. The molecule has 0 bridgehead atoms. The highest BCUT2D eigenvalue weighted by Gasteiger charge is 2.24. The SMILES string of the molecule is Cc1cc(NC(C)C2CCC2)nc(-c2cccnc2)n1. The van der Waals surface area contributed by atoms with Gasteiger partial charge in [0.05, 0.1) is 0 Å². The molecule has 2 aromatic heterocycles. The largest absolute Gasteiger partial charge is 0.367 e. The van der Waals surface area contributed by atoms with Crippen LogP contribution in [-0.2, 0) is 0 Å². The van der Waals surface area contributed by atoms with Gasteiger partial charge in [-0.25, -0.2) is 9.97 Å². The van der Waals surface area contributed by atoms with Crippen LogP contribution in [0.2, 0.25) is 0 Å². The molecule has 3 rings (SSSR count). The van der Waals surface area contributed by atoms with Gasteiger partial charge in [-0.05, 0) is 44.7 Å². The van der Waals surface area contributed by atoms with Gasteiger partial charge in [-0.1, -0.05) is 6.42 Å². The Kier molecular flexibility index (Phi) is 3.63. The van der Waals surface area contributed by atoms with Gasteiger partial charge in [0.15, 0.2) is 5.82 Å². The van der Waals surface area contributed by atoms with E-state index in [2.05, 4.69) is 27.2 Å². The van der Waals surface area contributed by atoms with Crippen molar-refractivity contribution in [3.63, 3.8) is 0 Å². The molecule has 0 amide bonds. The first-order valence-corrected chi connectivity index (χ1v) is 7.25. The summed E-state index contributed by atoms with van der Waals surface area (Å²) >= 11 is 0. The zero-order chi connectivity index (χ0) is 13.9. The molecular weight excluding hydrogens is 248 g/mol. The first-order chi connectivity index (χ1) is 9.72. The van der Waals surface area contributed by atoms with Crippen LogP contribution in [-0.4, -0.2) is 21.0 Å². The van der Waals surface area contributed by atoms with Crippen LogP contribution >= 0.6 is 0 Å². The monoisotopic (exact) mass is 268 g/mol. The van der Waals surface area contributed by atoms with E-state index in [4.69, 9.17) is 0 Å². The highest BCUT2D eigenvalue weighted by atomic mass is 15.1. The maximum absolute atomic E-state index is 4.62. The zero-order valence-electron chi connectivity index (χ0n) is 12.0. The third-order valence-electron chi connectivity index (χ3n) is 4.01. The first kappa shape index (κ1) is 13.0. The van der Waals surface area contributed by atoms with E-state index in [9.17, 15) is 0 Å². The Morgan fingerprint density at radius 2 is 2.15 bits per heavy atom. The topological polar surface area (TPSA) is 50.7 Å². The molecule has 1 aliphatic carbocycles. The summed E-state index contributed by atoms with van der Waals surface area (Å²) in [6.45, 7) is 4.24. The minimum absolute atomic E-state index is 0.472. The van der Waals surface area contributed by atoms with Gasteiger partial charge in [0.25, 0.3) is 0 Å². The predicted molar refractivity (Wildman–Crippen MR) is 80.4 cm³/mol. The van der Waals surface area contributed by atoms with Gasteiger partial charge in [-0.3, -0.25) is 4.98 Å². The fourth-order valence-corrected chi connectivity index (χ4v) is 2.56. The number of hydrogen-bond acceptors (Lipinski definition) is 4. The number of hydrogen-bond donors (Lipinski definition) is 1. The molecule has 0 spiro atoms. The number of nitrogens with one attached hydrogen (secondary N) is 1. The summed E-state index contributed by atoms with van der Waals surface area (Å²) in [7, 11) is 0. The Morgan fingerprint density at radius 1 is 1.30 bits per heavy atom. The van der Waals surface area contributed by atoms with Crippen molar-refractivity contribution in [2.24, 2.45) is 5.92 Å². The van der Waals surface area contributed by atoms with Gasteiger partial charge in [0.1, 0.15) is 5.82 Å². The Balaban J connectivity index is 1.83. The molecule has 1 atom stereocenters. The van der Waals surface area contributed by atoms with E-state index in [1.807, 2.05) is 25.1 Å². The summed E-state index contributed by atoms with van der Waals surface area (Å²) in [4.78, 5) is 13.3. The number of aromatic nitrogens is 3. The van der Waals surface area contributed by atoms with E-state index in [0.29, 0.717) is 6.04 Å². The van der Waals surface area contributed by atoms with E-state index in [0.717, 1.165) is 28.8 Å². The van der Waals surface area contributed by atoms with Crippen molar-refractivity contribution in [2.75, 3.05) is 5.32 Å². The second kappa shape index (κ2) is 5.57. The quantitative estimate of drug-likeness (QED) is 0.922. The van der Waals surface area contributed by atoms with Crippen LogP contribution in [0.5, 0.6) is 0 Å². The molecule has 1 aliphatic rings. The molecule has 1 saturated carbocycles. The first-order valence-electron chi connectivity index (χ1n) is 7.25. The fourth-order valence-electron chi connectivity index (χ4n) is 2.56. The van der Waals surface area contributed by atoms with Gasteiger partial charge in [0.2, 0.25) is 0 Å². The Bertz CT molecular complexity index is 578. The average molecular weight is 268 g/mol. The molecule has 0 saturated heterocycles. The van der Waals surface area contributed by atoms with Gasteiger partial charge >= 0.3 is 0 Å². The lowest BCUT2D eigenvalue weighted by atomic mass is 9.80. The molecule has 4 nitrogen and oxygen atoms in total. The summed E-state index contributed by atoms with van der Waals surface area (Å²) < 4.78 is 0. The molecule has 2 heterocycles. The van der Waals surface area contributed by atoms with Crippen LogP contribution in [0.1, 0.15) is 31.9 Å². The minimum Gasteiger partial charge on any atom is -0.367 e. The summed E-state index contributed by atoms with van der Waals surface area (Å²) in [5.74, 6) is 2.43. The minimum atomic E-state index is 0.472. The maximum atomic E-state index is 4.62. The van der Waals surface area contributed by atoms with Crippen LogP contribution in [0.4, 0.5) is 5.82 Å². The van der Waals surface area contributed by atoms with Crippen LogP contribution in [0, 0.1) is 12.8 Å². The normalized spacial score (nSPS) is 16.5. The van der Waals surface area contributed by atoms with Crippen molar-refractivity contribution in [3.05, 3.63) is 36.3 Å². The van der Waals surface area contributed by atoms with Crippen molar-refractivity contribution < 1.29 is 0 Å². The van der Waals surface area contributed by atoms with Crippen molar-refractivity contribution in [3.8, 4) is 11.4 Å². The van der Waals surface area contributed by atoms with Crippen LogP contribution in [0.25, 0.3) is 11.4 Å². The van der Waals surface area contributed by atoms with Crippen LogP contribution in [0.3, 0.4) is 0 Å². The predicted octanol–water partition coefficient (Wildman–Crippen LogP) is 3.45. The zero-order valence-corrected chi connectivity index (χ0v) is 12.0. The van der Waals surface area contributed by atoms with E-state index >= 15 is 0 Å². The highest BCUT2D eigenvalue weighted by Crippen LogP contribution is 2.31. The summed E-state index contributed by atoms with van der Waals surface area (Å²) in [6, 6.07) is 6.38. The second-order valence-electron chi connectivity index (χ2n) is 5.58. The van der Waals surface area contributed by atoms with E-state index in [1.165, 1.54) is 19.3 Å². The van der Waals surface area contributed by atoms with Crippen molar-refractivity contribution in [1.82, 2.24) is 15.0 Å². The van der Waals surface area contributed by atoms with Gasteiger partial charge < -0.3 is 5.32 Å². The lowest BCUT2D eigenvalue weighted by Crippen LogP contribution is -2.31. The maximum Gasteiger partial charge on any atom is 0.163 e. The van der Waals surface area contributed by atoms with Crippen LogP contribution in [0.15, 0.2) is 30.6 Å². The van der Waals surface area contributed by atoms with Gasteiger partial charge in [-0.2, -0.15) is 0 Å². The van der Waals surface area contributed by atoms with E-state index < -0.39 is 0 Å². The average Bonchev–Trinajstić information content (AvgIpc) is 2.37. The molecule has 4 heteroatoms. The summed E-state index contributed by atoms with van der Waals surface area (Å²) in [5.41, 5.74) is 1.93. The molecule has 0 aliphatic heterocycles. The molecule has 104 valence electrons. The Hall–Kier alpha value is -1.97. The van der Waals surface area contributed by atoms with Crippen molar-refractivity contribution in [2.45, 2.75) is 39.2 Å². The molecule has 2 aromatic rings. The lowest BCUT2D eigenvalue weighted by Gasteiger charge is -2.32. The molecule has 0 radical (unpaired) electrons. The van der Waals surface area contributed by atoms with Gasteiger partial charge in [0, 0.05) is 35.8 Å². The molecule has 0 aromatic carbocycles. The lowest BCUT2D eigenvalue weighted by molar-refractivity contribution is 0.285. The summed E-state index contributed by atoms with van der Waals surface area (Å²) in [5, 5.41) is 3.52. The standard InChI is InChI=1S/C16H20N4/c1-11-9-15(19-12(2)13-5-3-6-13)20-16(18-11)14-7-4-8-17-10-14/h4,7-10,12-13H,3,5-6H2,1-2H3,(H,18,19,20). The second-order valence-corrected chi connectivity index (χ2v) is 5.58. The third kappa shape index (κ3) is 2.79. The van der Waals surface area contributed by atoms with E-state index in [-0.39, 0.29) is 0 Å². The Labute approximate surface area is 119 Å². The molecule has 1 unspecified atom stereocenters. The van der Waals surface area contributed by atoms with E-state index in [1.54, 1.807) is 12.4 Å². The number of pyridine rings is 1. The number of aryl methyl sites for hydroxylation is 1. The fraction of sp³-hybridized carbons (Fsp3) is 0.438. The van der Waals surface area contributed by atoms with Crippen molar-refractivity contribution >= 4 is 5.82 Å². The molecular formula is C16H20N4. The third-order valence-corrected chi connectivity index (χ3v) is 4.01. The van der Waals surface area contributed by atoms with Crippen LogP contribution < -0.4 is 5.32 Å². The van der Waals surface area contributed by atoms with Crippen molar-refractivity contribution in [1.29, 1.82) is 0 Å². The summed E-state index contributed by atoms with van der Waals surface area (Å²) in [6.07, 6.45) is 7.58. The molecule has 1 N–H and O–H groups in total.